The van der Waals surface area contributed by atoms with E-state index >= 15 is 0 Å². The largest absolute Gasteiger partial charge is 0.381 e. The summed E-state index contributed by atoms with van der Waals surface area (Å²) in [6, 6.07) is 8.78. The molecule has 0 spiro atoms. The minimum atomic E-state index is 0.856. The number of hydrogen-bond acceptors (Lipinski definition) is 2. The van der Waals surface area contributed by atoms with Crippen molar-refractivity contribution in [3.63, 3.8) is 0 Å². The fourth-order valence-corrected chi connectivity index (χ4v) is 3.68. The second kappa shape index (κ2) is 12.6. The van der Waals surface area contributed by atoms with Crippen LogP contribution in [0.15, 0.2) is 49.1 Å². The molecule has 0 aromatic carbocycles. The first-order valence-corrected chi connectivity index (χ1v) is 11.0. The van der Waals surface area contributed by atoms with Crippen LogP contribution in [0.4, 0.5) is 0 Å². The van der Waals surface area contributed by atoms with E-state index in [-0.39, 0.29) is 0 Å². The van der Waals surface area contributed by atoms with Gasteiger partial charge in [0.2, 0.25) is 0 Å². The van der Waals surface area contributed by atoms with Crippen LogP contribution in [0.25, 0.3) is 0 Å². The fraction of sp³-hybridized carbons (Fsp3) is 0.583. The zero-order chi connectivity index (χ0) is 19.3. The van der Waals surface area contributed by atoms with E-state index in [0.717, 1.165) is 90.9 Å². The second-order valence-electron chi connectivity index (χ2n) is 7.75. The Morgan fingerprint density at radius 2 is 1.04 bits per heavy atom. The summed E-state index contributed by atoms with van der Waals surface area (Å²) in [6.45, 7) is 5.58. The van der Waals surface area contributed by atoms with Gasteiger partial charge in [0, 0.05) is 62.5 Å². The zero-order valence-electron chi connectivity index (χ0n) is 17.2. The maximum atomic E-state index is 5.84. The molecule has 2 aromatic heterocycles. The second-order valence-corrected chi connectivity index (χ2v) is 7.75. The van der Waals surface area contributed by atoms with Gasteiger partial charge in [-0.15, -0.1) is 0 Å². The van der Waals surface area contributed by atoms with Crippen LogP contribution in [0.1, 0.15) is 49.7 Å². The topological polar surface area (TPSA) is 26.2 Å². The minimum absolute atomic E-state index is 0.856. The molecule has 4 bridgehead atoms. The summed E-state index contributed by atoms with van der Waals surface area (Å²) >= 11 is 0. The molecular weight excluding hydrogens is 348 g/mol. The van der Waals surface area contributed by atoms with Crippen molar-refractivity contribution >= 4 is 0 Å². The Hall–Kier alpha value is -1.78. The van der Waals surface area contributed by atoms with Crippen LogP contribution < -0.4 is 9.13 Å². The van der Waals surface area contributed by atoms with Crippen molar-refractivity contribution < 1.29 is 18.6 Å². The summed E-state index contributed by atoms with van der Waals surface area (Å²) in [4.78, 5) is 0. The molecular formula is C24H36N2O2+2. The third-order valence-corrected chi connectivity index (χ3v) is 5.26. The van der Waals surface area contributed by atoms with Gasteiger partial charge in [0.15, 0.2) is 24.8 Å². The summed E-state index contributed by atoms with van der Waals surface area (Å²) in [5.41, 5.74) is 2.81. The SMILES string of the molecule is c1cc2c[n+](c1)CCCCOCCCc1ccc[n+](c1)CCCCOCCC2. The monoisotopic (exact) mass is 384 g/mol. The Balaban J connectivity index is 1.48. The van der Waals surface area contributed by atoms with E-state index in [1.165, 1.54) is 11.1 Å². The molecule has 0 unspecified atom stereocenters. The van der Waals surface area contributed by atoms with Crippen molar-refractivity contribution in [1.82, 2.24) is 0 Å². The maximum absolute atomic E-state index is 5.84. The molecule has 0 N–H and O–H groups in total. The number of hydrogen-bond donors (Lipinski definition) is 0. The van der Waals surface area contributed by atoms with Crippen molar-refractivity contribution in [2.45, 2.75) is 64.5 Å². The predicted molar refractivity (Wildman–Crippen MR) is 110 cm³/mol. The van der Waals surface area contributed by atoms with Crippen LogP contribution >= 0.6 is 0 Å². The highest BCUT2D eigenvalue weighted by atomic mass is 16.5. The van der Waals surface area contributed by atoms with Crippen LogP contribution in [-0.2, 0) is 35.4 Å². The number of fused-ring (bicyclic) bond motifs is 4. The first kappa shape index (κ1) is 20.9. The molecule has 2 aromatic rings. The molecule has 3 heterocycles. The van der Waals surface area contributed by atoms with Crippen LogP contribution in [0.5, 0.6) is 0 Å². The van der Waals surface area contributed by atoms with Gasteiger partial charge in [0.05, 0.1) is 0 Å². The Morgan fingerprint density at radius 3 is 1.54 bits per heavy atom. The molecule has 4 heteroatoms. The Kier molecular flexibility index (Phi) is 9.45. The van der Waals surface area contributed by atoms with Crippen LogP contribution in [0, 0.1) is 0 Å². The highest BCUT2D eigenvalue weighted by molar-refractivity contribution is 5.05. The average Bonchev–Trinajstić information content (AvgIpc) is 2.72. The first-order chi connectivity index (χ1) is 13.9. The maximum Gasteiger partial charge on any atom is 0.171 e. The molecule has 0 atom stereocenters. The highest BCUT2D eigenvalue weighted by Gasteiger charge is 2.05. The quantitative estimate of drug-likeness (QED) is 0.651. The summed E-state index contributed by atoms with van der Waals surface area (Å²) in [5, 5.41) is 0. The lowest BCUT2D eigenvalue weighted by molar-refractivity contribution is -0.698. The first-order valence-electron chi connectivity index (χ1n) is 11.0. The van der Waals surface area contributed by atoms with Crippen molar-refractivity contribution in [3.8, 4) is 0 Å². The van der Waals surface area contributed by atoms with E-state index in [2.05, 4.69) is 58.2 Å². The Labute approximate surface area is 170 Å². The summed E-state index contributed by atoms with van der Waals surface area (Å²) in [7, 11) is 0. The molecule has 28 heavy (non-hydrogen) atoms. The zero-order valence-corrected chi connectivity index (χ0v) is 17.2. The van der Waals surface area contributed by atoms with Gasteiger partial charge in [-0.05, 0) is 50.7 Å². The molecule has 0 aliphatic carbocycles. The molecule has 4 nitrogen and oxygen atoms in total. The van der Waals surface area contributed by atoms with Gasteiger partial charge < -0.3 is 9.47 Å². The fourth-order valence-electron chi connectivity index (χ4n) is 3.68. The Morgan fingerprint density at radius 1 is 0.571 bits per heavy atom. The predicted octanol–water partition coefficient (Wildman–Crippen LogP) is 3.43. The third-order valence-electron chi connectivity index (χ3n) is 5.26. The lowest BCUT2D eigenvalue weighted by atomic mass is 10.1. The molecule has 0 amide bonds. The van der Waals surface area contributed by atoms with E-state index in [1.807, 2.05) is 0 Å². The van der Waals surface area contributed by atoms with Gasteiger partial charge in [0.25, 0.3) is 0 Å². The molecule has 3 rings (SSSR count). The number of aromatic nitrogens is 2. The van der Waals surface area contributed by atoms with E-state index in [9.17, 15) is 0 Å². The highest BCUT2D eigenvalue weighted by Crippen LogP contribution is 2.03. The van der Waals surface area contributed by atoms with Crippen molar-refractivity contribution in [2.75, 3.05) is 26.4 Å². The van der Waals surface area contributed by atoms with Gasteiger partial charge in [-0.25, -0.2) is 9.13 Å². The van der Waals surface area contributed by atoms with Crippen LogP contribution in [0.2, 0.25) is 0 Å². The summed E-state index contributed by atoms with van der Waals surface area (Å²) in [5.74, 6) is 0. The normalized spacial score (nSPS) is 18.6. The van der Waals surface area contributed by atoms with E-state index in [0.29, 0.717) is 0 Å². The van der Waals surface area contributed by atoms with E-state index in [1.54, 1.807) is 0 Å². The summed E-state index contributed by atoms with van der Waals surface area (Å²) < 4.78 is 16.3. The molecule has 0 saturated heterocycles. The molecule has 152 valence electrons. The molecule has 1 aliphatic rings. The van der Waals surface area contributed by atoms with Gasteiger partial charge in [-0.3, -0.25) is 0 Å². The molecule has 0 fully saturated rings. The molecule has 0 saturated carbocycles. The lowest BCUT2D eigenvalue weighted by Crippen LogP contribution is -2.33. The number of nitrogens with zero attached hydrogens (tertiary/aromatic N) is 2. The summed E-state index contributed by atoms with van der Waals surface area (Å²) in [6.07, 6.45) is 17.9. The van der Waals surface area contributed by atoms with Crippen molar-refractivity contribution in [2.24, 2.45) is 0 Å². The van der Waals surface area contributed by atoms with Crippen molar-refractivity contribution in [3.05, 3.63) is 60.2 Å². The van der Waals surface area contributed by atoms with Crippen LogP contribution in [0.3, 0.4) is 0 Å². The van der Waals surface area contributed by atoms with Gasteiger partial charge in [-0.1, -0.05) is 0 Å². The van der Waals surface area contributed by atoms with Crippen molar-refractivity contribution in [1.29, 1.82) is 0 Å². The lowest BCUT2D eigenvalue weighted by Gasteiger charge is -2.06. The standard InChI is InChI=1S/C24H36N2O2/c1-3-17-27-19-7-12-24-10-6-16-26(22-24)14-2-4-18-28-20-8-11-23-9-5-15-25(13-1)21-23/h5-6,9-10,15-16,21-22H,1-4,7-8,11-14,17-20H2/q+2. The van der Waals surface area contributed by atoms with E-state index < -0.39 is 0 Å². The number of aryl methyl sites for hydroxylation is 4. The van der Waals surface area contributed by atoms with E-state index in [4.69, 9.17) is 9.47 Å². The third kappa shape index (κ3) is 8.07. The van der Waals surface area contributed by atoms with Crippen LogP contribution in [-0.4, -0.2) is 26.4 Å². The number of ether oxygens (including phenoxy) is 2. The van der Waals surface area contributed by atoms with Gasteiger partial charge in [-0.2, -0.15) is 0 Å². The van der Waals surface area contributed by atoms with Gasteiger partial charge >= 0.3 is 0 Å². The van der Waals surface area contributed by atoms with Gasteiger partial charge in [0.1, 0.15) is 13.1 Å². The Bertz CT molecular complexity index is 580. The minimum Gasteiger partial charge on any atom is -0.381 e. The number of pyridine rings is 2. The average molecular weight is 385 g/mol. The molecule has 0 radical (unpaired) electrons. The number of rotatable bonds is 0. The molecule has 1 aliphatic heterocycles. The smallest absolute Gasteiger partial charge is 0.171 e.